The minimum atomic E-state index is 0.0237. The highest BCUT2D eigenvalue weighted by Crippen LogP contribution is 2.30. The molecule has 0 bridgehead atoms. The van der Waals surface area contributed by atoms with E-state index in [1.54, 1.807) is 0 Å². The molecule has 3 heterocycles. The Morgan fingerprint density at radius 2 is 1.47 bits per heavy atom. The lowest BCUT2D eigenvalue weighted by molar-refractivity contribution is -0.126. The van der Waals surface area contributed by atoms with Crippen LogP contribution in [0.1, 0.15) is 55.3 Å². The van der Waals surface area contributed by atoms with Gasteiger partial charge in [-0.3, -0.25) is 9.59 Å². The molecule has 3 aliphatic rings. The van der Waals surface area contributed by atoms with Crippen LogP contribution in [0.25, 0.3) is 11.1 Å². The number of likely N-dealkylation sites (tertiary alicyclic amines) is 1. The molecule has 2 aromatic carbocycles. The summed E-state index contributed by atoms with van der Waals surface area (Å²) in [5.41, 5.74) is 2.98. The van der Waals surface area contributed by atoms with E-state index in [4.69, 9.17) is 0 Å². The first-order valence-electron chi connectivity index (χ1n) is 13.2. The Bertz CT molecular complexity index is 965. The third-order valence-corrected chi connectivity index (χ3v) is 8.16. The lowest BCUT2D eigenvalue weighted by Crippen LogP contribution is -2.51. The predicted molar refractivity (Wildman–Crippen MR) is 135 cm³/mol. The van der Waals surface area contributed by atoms with Crippen LogP contribution in [-0.2, 0) is 4.79 Å². The topological polar surface area (TPSA) is 52.7 Å². The van der Waals surface area contributed by atoms with E-state index < -0.39 is 0 Å². The van der Waals surface area contributed by atoms with Crippen molar-refractivity contribution in [2.24, 2.45) is 11.8 Å². The molecule has 34 heavy (non-hydrogen) atoms. The highest BCUT2D eigenvalue weighted by Gasteiger charge is 2.34. The van der Waals surface area contributed by atoms with Crippen molar-refractivity contribution in [3.8, 4) is 11.1 Å². The van der Waals surface area contributed by atoms with Gasteiger partial charge in [0.05, 0.1) is 0 Å². The summed E-state index contributed by atoms with van der Waals surface area (Å²) in [6.07, 6.45) is 7.92. The smallest absolute Gasteiger partial charge is 0.253 e. The number of fused-ring (bicyclic) bond motifs is 1. The van der Waals surface area contributed by atoms with Crippen molar-refractivity contribution in [3.63, 3.8) is 0 Å². The van der Waals surface area contributed by atoms with Crippen LogP contribution in [-0.4, -0.2) is 60.4 Å². The number of hydrogen-bond acceptors (Lipinski definition) is 3. The third-order valence-electron chi connectivity index (χ3n) is 8.16. The summed E-state index contributed by atoms with van der Waals surface area (Å²) in [7, 11) is 0. The Hall–Kier alpha value is -2.66. The number of nitrogens with one attached hydrogen (secondary N) is 1. The third kappa shape index (κ3) is 5.20. The molecule has 3 aliphatic heterocycles. The van der Waals surface area contributed by atoms with Crippen molar-refractivity contribution in [1.82, 2.24) is 15.1 Å². The number of carbonyl (C=O) groups excluding carboxylic acids is 2. The van der Waals surface area contributed by atoms with E-state index in [2.05, 4.69) is 22.3 Å². The van der Waals surface area contributed by atoms with Crippen LogP contribution in [0.15, 0.2) is 54.6 Å². The molecule has 0 spiro atoms. The quantitative estimate of drug-likeness (QED) is 0.712. The lowest BCUT2D eigenvalue weighted by atomic mass is 9.83. The molecular formula is C29H37N3O2. The molecular weight excluding hydrogens is 422 g/mol. The average molecular weight is 460 g/mol. The van der Waals surface area contributed by atoms with Crippen LogP contribution in [0.4, 0.5) is 0 Å². The maximum absolute atomic E-state index is 13.0. The van der Waals surface area contributed by atoms with Crippen molar-refractivity contribution in [2.75, 3.05) is 32.7 Å². The number of nitrogens with zero attached hydrogens (tertiary/aromatic N) is 2. The van der Waals surface area contributed by atoms with Crippen LogP contribution in [0.5, 0.6) is 0 Å². The Morgan fingerprint density at radius 3 is 2.24 bits per heavy atom. The fourth-order valence-electron chi connectivity index (χ4n) is 6.15. The van der Waals surface area contributed by atoms with E-state index in [0.717, 1.165) is 36.1 Å². The minimum Gasteiger partial charge on any atom is -0.356 e. The van der Waals surface area contributed by atoms with E-state index in [1.165, 1.54) is 45.2 Å². The zero-order valence-electron chi connectivity index (χ0n) is 20.1. The fraction of sp³-hybridized carbons (Fsp3) is 0.517. The minimum absolute atomic E-state index is 0.0237. The Labute approximate surface area is 203 Å². The lowest BCUT2D eigenvalue weighted by Gasteiger charge is -2.44. The van der Waals surface area contributed by atoms with Gasteiger partial charge in [-0.15, -0.1) is 0 Å². The van der Waals surface area contributed by atoms with Gasteiger partial charge in [0.1, 0.15) is 0 Å². The van der Waals surface area contributed by atoms with Gasteiger partial charge in [-0.1, -0.05) is 48.9 Å². The van der Waals surface area contributed by atoms with Crippen LogP contribution < -0.4 is 5.32 Å². The first-order valence-corrected chi connectivity index (χ1v) is 13.2. The van der Waals surface area contributed by atoms with Crippen LogP contribution in [0, 0.1) is 11.8 Å². The van der Waals surface area contributed by atoms with Crippen LogP contribution in [0.3, 0.4) is 0 Å². The van der Waals surface area contributed by atoms with E-state index >= 15 is 0 Å². The molecule has 2 unspecified atom stereocenters. The van der Waals surface area contributed by atoms with Crippen molar-refractivity contribution >= 4 is 11.8 Å². The van der Waals surface area contributed by atoms with Gasteiger partial charge in [0, 0.05) is 37.2 Å². The van der Waals surface area contributed by atoms with E-state index in [1.807, 2.05) is 47.4 Å². The van der Waals surface area contributed by atoms with Gasteiger partial charge in [-0.25, -0.2) is 0 Å². The van der Waals surface area contributed by atoms with E-state index in [-0.39, 0.29) is 17.7 Å². The Kier molecular flexibility index (Phi) is 7.29. The number of rotatable bonds is 5. The summed E-state index contributed by atoms with van der Waals surface area (Å²) in [4.78, 5) is 30.5. The molecule has 0 saturated carbocycles. The second-order valence-corrected chi connectivity index (χ2v) is 10.3. The van der Waals surface area contributed by atoms with Gasteiger partial charge >= 0.3 is 0 Å². The molecule has 0 aliphatic carbocycles. The van der Waals surface area contributed by atoms with Crippen molar-refractivity contribution in [1.29, 1.82) is 0 Å². The monoisotopic (exact) mass is 459 g/mol. The predicted octanol–water partition coefficient (Wildman–Crippen LogP) is 4.59. The number of benzene rings is 2. The highest BCUT2D eigenvalue weighted by molar-refractivity contribution is 5.95. The largest absolute Gasteiger partial charge is 0.356 e. The fourth-order valence-corrected chi connectivity index (χ4v) is 6.15. The van der Waals surface area contributed by atoms with E-state index in [9.17, 15) is 9.59 Å². The number of amides is 2. The second-order valence-electron chi connectivity index (χ2n) is 10.3. The SMILES string of the molecule is O=C(NCC1CCCN2CCCCC12)C1CCN(C(=O)c2ccc(-c3ccccc3)cc2)CC1. The molecule has 0 radical (unpaired) electrons. The molecule has 180 valence electrons. The maximum Gasteiger partial charge on any atom is 0.253 e. The summed E-state index contributed by atoms with van der Waals surface area (Å²) in [6, 6.07) is 18.7. The number of hydrogen-bond donors (Lipinski definition) is 1. The number of piperidine rings is 3. The molecule has 2 amide bonds. The summed E-state index contributed by atoms with van der Waals surface area (Å²) in [5.74, 6) is 0.874. The normalized spacial score (nSPS) is 23.8. The molecule has 2 aromatic rings. The molecule has 3 saturated heterocycles. The van der Waals surface area contributed by atoms with E-state index in [0.29, 0.717) is 25.0 Å². The zero-order chi connectivity index (χ0) is 23.3. The molecule has 5 rings (SSSR count). The molecule has 5 nitrogen and oxygen atoms in total. The molecule has 1 N–H and O–H groups in total. The maximum atomic E-state index is 13.0. The summed E-state index contributed by atoms with van der Waals surface area (Å²) < 4.78 is 0. The zero-order valence-corrected chi connectivity index (χ0v) is 20.1. The standard InChI is InChI=1S/C29H37N3O2/c33-28(30-21-26-9-6-18-31-17-5-4-10-27(26)31)24-15-19-32(20-16-24)29(34)25-13-11-23(12-14-25)22-7-2-1-3-8-22/h1-3,7-8,11-14,24,26-27H,4-6,9-10,15-21H2,(H,30,33). The van der Waals surface area contributed by atoms with Gasteiger partial charge in [0.2, 0.25) is 5.91 Å². The van der Waals surface area contributed by atoms with Gasteiger partial charge in [-0.05, 0) is 80.8 Å². The molecule has 5 heteroatoms. The average Bonchev–Trinajstić information content (AvgIpc) is 2.92. The van der Waals surface area contributed by atoms with Gasteiger partial charge in [-0.2, -0.15) is 0 Å². The highest BCUT2D eigenvalue weighted by atomic mass is 16.2. The summed E-state index contributed by atoms with van der Waals surface area (Å²) in [6.45, 7) is 4.58. The summed E-state index contributed by atoms with van der Waals surface area (Å²) in [5, 5.41) is 3.28. The van der Waals surface area contributed by atoms with Gasteiger partial charge < -0.3 is 15.1 Å². The Morgan fingerprint density at radius 1 is 0.765 bits per heavy atom. The van der Waals surface area contributed by atoms with Crippen LogP contribution >= 0.6 is 0 Å². The number of carbonyl (C=O) groups is 2. The van der Waals surface area contributed by atoms with Crippen LogP contribution in [0.2, 0.25) is 0 Å². The van der Waals surface area contributed by atoms with Crippen molar-refractivity contribution < 1.29 is 9.59 Å². The second kappa shape index (κ2) is 10.7. The molecule has 2 atom stereocenters. The first kappa shape index (κ1) is 23.1. The van der Waals surface area contributed by atoms with Crippen molar-refractivity contribution in [3.05, 3.63) is 60.2 Å². The molecule has 0 aromatic heterocycles. The van der Waals surface area contributed by atoms with Gasteiger partial charge in [0.15, 0.2) is 0 Å². The van der Waals surface area contributed by atoms with Crippen molar-refractivity contribution in [2.45, 2.75) is 51.0 Å². The summed E-state index contributed by atoms with van der Waals surface area (Å²) >= 11 is 0. The molecule has 3 fully saturated rings. The first-order chi connectivity index (χ1) is 16.7. The Balaban J connectivity index is 1.10. The van der Waals surface area contributed by atoms with Gasteiger partial charge in [0.25, 0.3) is 5.91 Å².